The van der Waals surface area contributed by atoms with E-state index in [2.05, 4.69) is 50.4 Å². The second-order valence-corrected chi connectivity index (χ2v) is 6.51. The minimum absolute atomic E-state index is 0.0787. The fourth-order valence-corrected chi connectivity index (χ4v) is 2.89. The van der Waals surface area contributed by atoms with Gasteiger partial charge in [0.1, 0.15) is 0 Å². The molecule has 0 saturated heterocycles. The molecule has 1 aliphatic rings. The van der Waals surface area contributed by atoms with Crippen LogP contribution < -0.4 is 5.32 Å². The summed E-state index contributed by atoms with van der Waals surface area (Å²) in [6.07, 6.45) is 4.84. The lowest BCUT2D eigenvalue weighted by Crippen LogP contribution is -2.27. The van der Waals surface area contributed by atoms with E-state index in [1.165, 1.54) is 35.2 Å². The molecular weight excluding hydrogens is 232 g/mol. The molecule has 2 nitrogen and oxygen atoms in total. The fourth-order valence-electron chi connectivity index (χ4n) is 2.89. The summed E-state index contributed by atoms with van der Waals surface area (Å²) in [5.74, 6) is 0. The predicted octanol–water partition coefficient (Wildman–Crippen LogP) is 4.32. The van der Waals surface area contributed by atoms with Crippen LogP contribution in [0.1, 0.15) is 44.9 Å². The Labute approximate surface area is 115 Å². The molecule has 2 heteroatoms. The fraction of sp³-hybridized carbons (Fsp3) is 0.471. The first-order chi connectivity index (χ1) is 9.04. The molecule has 0 radical (unpaired) electrons. The van der Waals surface area contributed by atoms with E-state index in [4.69, 9.17) is 4.98 Å². The molecule has 0 aliphatic heterocycles. The van der Waals surface area contributed by atoms with Crippen LogP contribution in [-0.4, -0.2) is 10.5 Å². The molecule has 2 aromatic rings. The highest BCUT2D eigenvalue weighted by Crippen LogP contribution is 2.34. The molecule has 0 unspecified atom stereocenters. The summed E-state index contributed by atoms with van der Waals surface area (Å²) in [5.41, 5.74) is 5.26. The van der Waals surface area contributed by atoms with Gasteiger partial charge in [-0.15, -0.1) is 0 Å². The van der Waals surface area contributed by atoms with Crippen molar-refractivity contribution in [2.75, 3.05) is 5.32 Å². The average molecular weight is 254 g/mol. The number of rotatable bonds is 1. The van der Waals surface area contributed by atoms with E-state index < -0.39 is 0 Å². The zero-order valence-corrected chi connectivity index (χ0v) is 12.1. The molecule has 1 aromatic carbocycles. The quantitative estimate of drug-likeness (QED) is 0.819. The first-order valence-corrected chi connectivity index (χ1v) is 7.23. The summed E-state index contributed by atoms with van der Waals surface area (Å²) < 4.78 is 0. The Balaban J connectivity index is 2.25. The number of anilines is 1. The van der Waals surface area contributed by atoms with Crippen LogP contribution in [-0.2, 0) is 12.8 Å². The number of hydrogen-bond acceptors (Lipinski definition) is 2. The van der Waals surface area contributed by atoms with Crippen molar-refractivity contribution in [3.63, 3.8) is 0 Å². The molecule has 19 heavy (non-hydrogen) atoms. The lowest BCUT2D eigenvalue weighted by molar-refractivity contribution is 0.626. The normalized spacial score (nSPS) is 15.3. The molecule has 0 atom stereocenters. The van der Waals surface area contributed by atoms with E-state index in [-0.39, 0.29) is 5.54 Å². The van der Waals surface area contributed by atoms with Gasteiger partial charge in [0.2, 0.25) is 0 Å². The SMILES string of the molecule is CC(C)(C)Nc1c2c(nc3ccccc13)CCCC2. The van der Waals surface area contributed by atoms with Gasteiger partial charge in [-0.25, -0.2) is 0 Å². The standard InChI is InChI=1S/C17H22N2/c1-17(2,3)19-16-12-8-4-6-10-14(12)18-15-11-7-5-9-13(15)16/h4,6,8,10H,5,7,9,11H2,1-3H3,(H,18,19). The highest BCUT2D eigenvalue weighted by molar-refractivity contribution is 5.93. The molecule has 0 saturated carbocycles. The second-order valence-electron chi connectivity index (χ2n) is 6.51. The summed E-state index contributed by atoms with van der Waals surface area (Å²) in [6.45, 7) is 6.66. The van der Waals surface area contributed by atoms with Gasteiger partial charge in [0.05, 0.1) is 5.52 Å². The van der Waals surface area contributed by atoms with E-state index in [0.29, 0.717) is 0 Å². The molecular formula is C17H22N2. The van der Waals surface area contributed by atoms with Crippen molar-refractivity contribution < 1.29 is 0 Å². The number of pyridine rings is 1. The van der Waals surface area contributed by atoms with E-state index in [0.717, 1.165) is 18.4 Å². The van der Waals surface area contributed by atoms with Crippen LogP contribution in [0, 0.1) is 0 Å². The molecule has 100 valence electrons. The predicted molar refractivity (Wildman–Crippen MR) is 81.8 cm³/mol. The van der Waals surface area contributed by atoms with Crippen molar-refractivity contribution in [2.45, 2.75) is 52.0 Å². The minimum atomic E-state index is 0.0787. The molecule has 0 fully saturated rings. The number of aryl methyl sites for hydroxylation is 1. The van der Waals surface area contributed by atoms with Crippen LogP contribution >= 0.6 is 0 Å². The van der Waals surface area contributed by atoms with E-state index in [9.17, 15) is 0 Å². The molecule has 1 aliphatic carbocycles. The Bertz CT molecular complexity index is 608. The third-order valence-electron chi connectivity index (χ3n) is 3.67. The smallest absolute Gasteiger partial charge is 0.0726 e. The summed E-state index contributed by atoms with van der Waals surface area (Å²) in [6, 6.07) is 8.49. The zero-order chi connectivity index (χ0) is 13.5. The first kappa shape index (κ1) is 12.5. The molecule has 1 heterocycles. The van der Waals surface area contributed by atoms with Crippen LogP contribution in [0.5, 0.6) is 0 Å². The molecule has 0 amide bonds. The third-order valence-corrected chi connectivity index (χ3v) is 3.67. The summed E-state index contributed by atoms with van der Waals surface area (Å²) in [4.78, 5) is 4.87. The largest absolute Gasteiger partial charge is 0.380 e. The van der Waals surface area contributed by atoms with Gasteiger partial charge < -0.3 is 5.32 Å². The highest BCUT2D eigenvalue weighted by atomic mass is 15.0. The topological polar surface area (TPSA) is 24.9 Å². The van der Waals surface area contributed by atoms with Crippen LogP contribution in [0.15, 0.2) is 24.3 Å². The van der Waals surface area contributed by atoms with Gasteiger partial charge in [0.15, 0.2) is 0 Å². The van der Waals surface area contributed by atoms with Crippen molar-refractivity contribution in [1.29, 1.82) is 0 Å². The Kier molecular flexibility index (Phi) is 2.96. The third kappa shape index (κ3) is 2.44. The second kappa shape index (κ2) is 4.52. The lowest BCUT2D eigenvalue weighted by Gasteiger charge is -2.28. The van der Waals surface area contributed by atoms with Crippen molar-refractivity contribution >= 4 is 16.6 Å². The summed E-state index contributed by atoms with van der Waals surface area (Å²) in [5, 5.41) is 4.97. The minimum Gasteiger partial charge on any atom is -0.380 e. The number of fused-ring (bicyclic) bond motifs is 2. The Hall–Kier alpha value is -1.57. The monoisotopic (exact) mass is 254 g/mol. The molecule has 1 N–H and O–H groups in total. The van der Waals surface area contributed by atoms with Crippen molar-refractivity contribution in [2.24, 2.45) is 0 Å². The maximum Gasteiger partial charge on any atom is 0.0726 e. The van der Waals surface area contributed by atoms with Crippen LogP contribution in [0.4, 0.5) is 5.69 Å². The van der Waals surface area contributed by atoms with Gasteiger partial charge in [-0.2, -0.15) is 0 Å². The van der Waals surface area contributed by atoms with E-state index >= 15 is 0 Å². The van der Waals surface area contributed by atoms with Gasteiger partial charge in [-0.3, -0.25) is 4.98 Å². The summed E-state index contributed by atoms with van der Waals surface area (Å²) >= 11 is 0. The van der Waals surface area contributed by atoms with E-state index in [1.54, 1.807) is 0 Å². The van der Waals surface area contributed by atoms with Crippen LogP contribution in [0.25, 0.3) is 10.9 Å². The summed E-state index contributed by atoms with van der Waals surface area (Å²) in [7, 11) is 0. The van der Waals surface area contributed by atoms with Gasteiger partial charge in [0.25, 0.3) is 0 Å². The Morgan fingerprint density at radius 2 is 1.79 bits per heavy atom. The van der Waals surface area contributed by atoms with Gasteiger partial charge in [0, 0.05) is 22.3 Å². The van der Waals surface area contributed by atoms with Crippen molar-refractivity contribution in [1.82, 2.24) is 4.98 Å². The molecule has 0 bridgehead atoms. The Morgan fingerprint density at radius 3 is 2.58 bits per heavy atom. The number of nitrogens with one attached hydrogen (secondary N) is 1. The van der Waals surface area contributed by atoms with Gasteiger partial charge in [-0.1, -0.05) is 18.2 Å². The van der Waals surface area contributed by atoms with Crippen molar-refractivity contribution in [3.05, 3.63) is 35.5 Å². The number of hydrogen-bond donors (Lipinski definition) is 1. The average Bonchev–Trinajstić information content (AvgIpc) is 2.37. The van der Waals surface area contributed by atoms with Gasteiger partial charge >= 0.3 is 0 Å². The van der Waals surface area contributed by atoms with Gasteiger partial charge in [-0.05, 0) is 58.1 Å². The number of para-hydroxylation sites is 1. The number of nitrogens with zero attached hydrogens (tertiary/aromatic N) is 1. The first-order valence-electron chi connectivity index (χ1n) is 7.23. The number of benzene rings is 1. The molecule has 0 spiro atoms. The van der Waals surface area contributed by atoms with Crippen LogP contribution in [0.2, 0.25) is 0 Å². The highest BCUT2D eigenvalue weighted by Gasteiger charge is 2.20. The number of aromatic nitrogens is 1. The van der Waals surface area contributed by atoms with E-state index in [1.807, 2.05) is 0 Å². The maximum atomic E-state index is 4.87. The Morgan fingerprint density at radius 1 is 1.05 bits per heavy atom. The molecule has 3 rings (SSSR count). The van der Waals surface area contributed by atoms with Crippen molar-refractivity contribution in [3.8, 4) is 0 Å². The molecule has 1 aromatic heterocycles. The zero-order valence-electron chi connectivity index (χ0n) is 12.1. The maximum absolute atomic E-state index is 4.87. The van der Waals surface area contributed by atoms with Crippen LogP contribution in [0.3, 0.4) is 0 Å². The lowest BCUT2D eigenvalue weighted by atomic mass is 9.92.